The van der Waals surface area contributed by atoms with E-state index in [0.29, 0.717) is 37.9 Å². The lowest BCUT2D eigenvalue weighted by molar-refractivity contribution is -0.136. The maximum Gasteiger partial charge on any atom is 0.284 e. The summed E-state index contributed by atoms with van der Waals surface area (Å²) in [6.07, 6.45) is 8.85. The largest absolute Gasteiger partial charge is 0.444 e. The van der Waals surface area contributed by atoms with Gasteiger partial charge in [-0.15, -0.1) is 0 Å². The van der Waals surface area contributed by atoms with Crippen LogP contribution in [0.5, 0.6) is 0 Å². The van der Waals surface area contributed by atoms with E-state index in [0.717, 1.165) is 47.9 Å². The average molecular weight is 755 g/mol. The van der Waals surface area contributed by atoms with E-state index in [4.69, 9.17) is 4.42 Å². The number of rotatable bonds is 13. The average Bonchev–Trinajstić information content (AvgIpc) is 3.59. The molecular formula is C39H40F2N8O6. The summed E-state index contributed by atoms with van der Waals surface area (Å²) in [4.78, 5) is 75.2. The van der Waals surface area contributed by atoms with E-state index in [1.165, 1.54) is 30.0 Å². The van der Waals surface area contributed by atoms with E-state index in [1.807, 2.05) is 12.1 Å². The zero-order valence-corrected chi connectivity index (χ0v) is 30.0. The number of oxazole rings is 1. The van der Waals surface area contributed by atoms with Crippen LogP contribution in [-0.4, -0.2) is 84.8 Å². The van der Waals surface area contributed by atoms with Gasteiger partial charge >= 0.3 is 0 Å². The maximum absolute atomic E-state index is 14.1. The number of aromatic nitrogens is 4. The van der Waals surface area contributed by atoms with Crippen molar-refractivity contribution in [3.05, 3.63) is 82.8 Å². The Morgan fingerprint density at radius 1 is 0.982 bits per heavy atom. The number of hydrogen-bond acceptors (Lipinski definition) is 10. The van der Waals surface area contributed by atoms with Crippen molar-refractivity contribution in [1.29, 1.82) is 0 Å². The fourth-order valence-corrected chi connectivity index (χ4v) is 7.64. The second kappa shape index (κ2) is 15.2. The highest BCUT2D eigenvalue weighted by atomic mass is 19.3. The van der Waals surface area contributed by atoms with Gasteiger partial charge in [0.15, 0.2) is 11.4 Å². The normalized spacial score (nSPS) is 19.3. The van der Waals surface area contributed by atoms with Crippen LogP contribution in [0, 0.1) is 5.92 Å². The van der Waals surface area contributed by atoms with Gasteiger partial charge in [0.05, 0.1) is 22.9 Å². The highest BCUT2D eigenvalue weighted by Crippen LogP contribution is 2.34. The van der Waals surface area contributed by atoms with E-state index >= 15 is 0 Å². The van der Waals surface area contributed by atoms with E-state index in [2.05, 4.69) is 30.6 Å². The fraction of sp³-hybridized carbons (Fsp3) is 0.436. The van der Waals surface area contributed by atoms with Crippen LogP contribution < -0.4 is 10.6 Å². The molecule has 0 bridgehead atoms. The number of alkyl halides is 2. The molecule has 0 radical (unpaired) electrons. The number of halogens is 2. The fourth-order valence-electron chi connectivity index (χ4n) is 7.64. The third-order valence-corrected chi connectivity index (χ3v) is 10.9. The van der Waals surface area contributed by atoms with Crippen LogP contribution in [0.25, 0.3) is 11.5 Å². The van der Waals surface area contributed by atoms with Gasteiger partial charge in [-0.25, -0.2) is 13.8 Å². The van der Waals surface area contributed by atoms with Crippen LogP contribution >= 0.6 is 0 Å². The summed E-state index contributed by atoms with van der Waals surface area (Å²) in [5.41, 5.74) is 2.37. The number of benzene rings is 1. The monoisotopic (exact) mass is 754 g/mol. The predicted molar refractivity (Wildman–Crippen MR) is 192 cm³/mol. The molecule has 1 unspecified atom stereocenters. The predicted octanol–water partition coefficient (Wildman–Crippen LogP) is 5.14. The summed E-state index contributed by atoms with van der Waals surface area (Å²) in [6.45, 7) is 2.20. The highest BCUT2D eigenvalue weighted by molar-refractivity contribution is 6.23. The number of anilines is 1. The molecule has 16 heteroatoms. The molecule has 4 aliphatic rings. The second-order valence-corrected chi connectivity index (χ2v) is 14.7. The van der Waals surface area contributed by atoms with Crippen molar-refractivity contribution in [2.24, 2.45) is 5.92 Å². The van der Waals surface area contributed by atoms with Gasteiger partial charge in [-0.3, -0.25) is 43.9 Å². The second-order valence-electron chi connectivity index (χ2n) is 14.7. The van der Waals surface area contributed by atoms with Gasteiger partial charge < -0.3 is 14.6 Å². The first kappa shape index (κ1) is 36.3. The molecule has 2 N–H and O–H groups in total. The number of hydrogen-bond donors (Lipinski definition) is 2. The molecule has 6 heterocycles. The lowest BCUT2D eigenvalue weighted by Gasteiger charge is -2.32. The molecule has 55 heavy (non-hydrogen) atoms. The summed E-state index contributed by atoms with van der Waals surface area (Å²) >= 11 is 0. The molecule has 3 aliphatic heterocycles. The third kappa shape index (κ3) is 7.81. The van der Waals surface area contributed by atoms with Crippen molar-refractivity contribution in [2.75, 3.05) is 25.0 Å². The Hall–Kier alpha value is -5.64. The number of piperidine rings is 2. The summed E-state index contributed by atoms with van der Waals surface area (Å²) in [5.74, 6) is -1.79. The Morgan fingerprint density at radius 2 is 1.78 bits per heavy atom. The van der Waals surface area contributed by atoms with E-state index < -0.39 is 47.7 Å². The number of carbonyl (C=O) groups is 5. The van der Waals surface area contributed by atoms with Crippen LogP contribution in [0.1, 0.15) is 112 Å². The van der Waals surface area contributed by atoms with Gasteiger partial charge in [0.25, 0.3) is 24.1 Å². The number of amides is 5. The molecule has 5 amide bonds. The number of pyridine rings is 1. The molecule has 1 saturated carbocycles. The SMILES string of the molecule is O=C1CCC(N2C(=O)c3ccc(CCCN4CCC(n5cc(NC(=O)c6coc(-c7ccnc(CCC8CC8)c7)n6)c(C(F)F)n5)CC4)cc3C2=O)C(=O)N1. The quantitative estimate of drug-likeness (QED) is 0.174. The number of likely N-dealkylation sites (tertiary alicyclic amines) is 1. The maximum atomic E-state index is 14.1. The van der Waals surface area contributed by atoms with Crippen LogP contribution in [0.3, 0.4) is 0 Å². The van der Waals surface area contributed by atoms with Crippen LogP contribution in [0.4, 0.5) is 14.5 Å². The van der Waals surface area contributed by atoms with Gasteiger partial charge in [0.1, 0.15) is 12.3 Å². The van der Waals surface area contributed by atoms with E-state index in [9.17, 15) is 32.8 Å². The van der Waals surface area contributed by atoms with Crippen LogP contribution in [0.2, 0.25) is 0 Å². The van der Waals surface area contributed by atoms with E-state index in [1.54, 1.807) is 24.4 Å². The molecule has 2 saturated heterocycles. The first-order chi connectivity index (χ1) is 26.6. The van der Waals surface area contributed by atoms with Crippen LogP contribution in [-0.2, 0) is 22.4 Å². The zero-order valence-electron chi connectivity index (χ0n) is 30.0. The topological polar surface area (TPSA) is 173 Å². The third-order valence-electron chi connectivity index (χ3n) is 10.9. The van der Waals surface area contributed by atoms with Gasteiger partial charge in [0.2, 0.25) is 17.7 Å². The van der Waals surface area contributed by atoms with Gasteiger partial charge in [0, 0.05) is 43.2 Å². The number of imide groups is 2. The highest BCUT2D eigenvalue weighted by Gasteiger charge is 2.44. The Morgan fingerprint density at radius 3 is 2.55 bits per heavy atom. The summed E-state index contributed by atoms with van der Waals surface area (Å²) in [6, 6.07) is 7.64. The smallest absolute Gasteiger partial charge is 0.284 e. The molecule has 4 aromatic rings. The standard InChI is InChI=1S/C39H40F2N8O6/c40-34(41)33-29(43-35(51)30-21-55-37(44-30)24-11-14-42-25(19-24)7-5-22-3-4-22)20-48(46-33)26-12-16-47(17-13-26)15-1-2-23-6-8-27-28(18-23)39(54)49(38(27)53)31-9-10-32(50)45-36(31)52/h6,8,11,14,18-22,26,31,34H,1-5,7,9-10,12-13,15-17H2,(H,43,51)(H,45,50,52). The minimum absolute atomic E-state index is 0.0400. The lowest BCUT2D eigenvalue weighted by Crippen LogP contribution is -2.54. The van der Waals surface area contributed by atoms with Crippen molar-refractivity contribution < 1.29 is 37.2 Å². The number of carbonyl (C=O) groups excluding carboxylic acids is 5. The summed E-state index contributed by atoms with van der Waals surface area (Å²) < 4.78 is 35.3. The molecule has 1 aliphatic carbocycles. The lowest BCUT2D eigenvalue weighted by atomic mass is 10.0. The Labute approximate surface area is 314 Å². The number of nitrogens with zero attached hydrogens (tertiary/aromatic N) is 6. The Bertz CT molecular complexity index is 2150. The van der Waals surface area contributed by atoms with Gasteiger partial charge in [-0.2, -0.15) is 5.10 Å². The first-order valence-electron chi connectivity index (χ1n) is 18.8. The molecule has 8 rings (SSSR count). The van der Waals surface area contributed by atoms with Gasteiger partial charge in [-0.1, -0.05) is 18.9 Å². The molecule has 3 fully saturated rings. The number of fused-ring (bicyclic) bond motifs is 1. The molecule has 1 atom stereocenters. The summed E-state index contributed by atoms with van der Waals surface area (Å²) in [5, 5.41) is 8.94. The zero-order chi connectivity index (χ0) is 38.2. The van der Waals surface area contributed by atoms with E-state index in [-0.39, 0.29) is 47.3 Å². The van der Waals surface area contributed by atoms with Crippen LogP contribution in [0.15, 0.2) is 53.4 Å². The summed E-state index contributed by atoms with van der Waals surface area (Å²) in [7, 11) is 0. The molecule has 14 nitrogen and oxygen atoms in total. The van der Waals surface area contributed by atoms with Crippen molar-refractivity contribution in [3.8, 4) is 11.5 Å². The molecule has 0 spiro atoms. The number of aryl methyl sites for hydroxylation is 2. The molecule has 1 aromatic carbocycles. The number of nitrogens with one attached hydrogen (secondary N) is 2. The van der Waals surface area contributed by atoms with Gasteiger partial charge in [-0.05, 0) is 87.2 Å². The van der Waals surface area contributed by atoms with Crippen molar-refractivity contribution in [1.82, 2.24) is 34.9 Å². The molecule has 3 aromatic heterocycles. The minimum atomic E-state index is -2.90. The first-order valence-corrected chi connectivity index (χ1v) is 18.8. The van der Waals surface area contributed by atoms with Crippen molar-refractivity contribution in [3.63, 3.8) is 0 Å². The minimum Gasteiger partial charge on any atom is -0.444 e. The van der Waals surface area contributed by atoms with Crippen molar-refractivity contribution >= 4 is 35.2 Å². The molecule has 286 valence electrons. The Balaban J connectivity index is 0.831. The molecular weight excluding hydrogens is 714 g/mol. The van der Waals surface area contributed by atoms with Crippen molar-refractivity contribution in [2.45, 2.75) is 82.7 Å². The Kier molecular flexibility index (Phi) is 10.1.